The third-order valence-corrected chi connectivity index (χ3v) is 3.12. The summed E-state index contributed by atoms with van der Waals surface area (Å²) < 4.78 is 36.3. The maximum atomic E-state index is 11.0. The van der Waals surface area contributed by atoms with Crippen molar-refractivity contribution in [2.75, 3.05) is 0 Å². The largest absolute Gasteiger partial charge is 0.441 e. The lowest BCUT2D eigenvalue weighted by atomic mass is 10.2. The first-order valence-electron chi connectivity index (χ1n) is 5.03. The Kier molecular flexibility index (Phi) is 2.99. The second-order valence-corrected chi connectivity index (χ2v) is 4.90. The Hall–Kier alpha value is -1.66. The standard InChI is InChI=1S/C11H11NO4S/c1-2-11-12-7-10(16-11)8-4-3-5-9(6-8)17(13,14)15/h3-7H,2H2,1H3,(H,13,14,15). The highest BCUT2D eigenvalue weighted by Crippen LogP contribution is 2.23. The number of hydrogen-bond acceptors (Lipinski definition) is 4. The van der Waals surface area contributed by atoms with Gasteiger partial charge in [0.15, 0.2) is 11.7 Å². The molecule has 0 spiro atoms. The molecule has 0 aliphatic carbocycles. The van der Waals surface area contributed by atoms with Gasteiger partial charge in [0.2, 0.25) is 0 Å². The smallest absolute Gasteiger partial charge is 0.294 e. The van der Waals surface area contributed by atoms with Crippen molar-refractivity contribution >= 4 is 10.1 Å². The summed E-state index contributed by atoms with van der Waals surface area (Å²) in [6, 6.07) is 5.88. The number of nitrogens with zero attached hydrogens (tertiary/aromatic N) is 1. The zero-order chi connectivity index (χ0) is 12.5. The Balaban J connectivity index is 2.46. The third kappa shape index (κ3) is 2.54. The molecule has 0 saturated heterocycles. The Morgan fingerprint density at radius 1 is 1.41 bits per heavy atom. The first-order valence-corrected chi connectivity index (χ1v) is 6.47. The van der Waals surface area contributed by atoms with E-state index >= 15 is 0 Å². The number of aromatic nitrogens is 1. The summed E-state index contributed by atoms with van der Waals surface area (Å²) in [5.41, 5.74) is 0.562. The minimum Gasteiger partial charge on any atom is -0.441 e. The summed E-state index contributed by atoms with van der Waals surface area (Å²) in [6.07, 6.45) is 2.19. The van der Waals surface area contributed by atoms with Gasteiger partial charge in [0.1, 0.15) is 0 Å². The van der Waals surface area contributed by atoms with Crippen molar-refractivity contribution in [1.29, 1.82) is 0 Å². The molecule has 0 radical (unpaired) electrons. The van der Waals surface area contributed by atoms with Gasteiger partial charge in [-0.15, -0.1) is 0 Å². The number of rotatable bonds is 3. The Bertz CT molecular complexity index is 630. The third-order valence-electron chi connectivity index (χ3n) is 2.27. The van der Waals surface area contributed by atoms with Crippen LogP contribution in [0.15, 0.2) is 39.8 Å². The van der Waals surface area contributed by atoms with Gasteiger partial charge in [-0.25, -0.2) is 4.98 Å². The first-order chi connectivity index (χ1) is 8.00. The van der Waals surface area contributed by atoms with Crippen molar-refractivity contribution in [3.63, 3.8) is 0 Å². The molecule has 1 aromatic carbocycles. The first kappa shape index (κ1) is 11.8. The number of benzene rings is 1. The molecule has 1 heterocycles. The molecule has 90 valence electrons. The molecule has 17 heavy (non-hydrogen) atoms. The Morgan fingerprint density at radius 3 is 2.76 bits per heavy atom. The predicted octanol–water partition coefficient (Wildman–Crippen LogP) is 2.15. The summed E-state index contributed by atoms with van der Waals surface area (Å²) in [6.45, 7) is 1.91. The summed E-state index contributed by atoms with van der Waals surface area (Å²) >= 11 is 0. The fourth-order valence-corrected chi connectivity index (χ4v) is 1.94. The molecule has 0 saturated carbocycles. The highest BCUT2D eigenvalue weighted by atomic mass is 32.2. The van der Waals surface area contributed by atoms with Gasteiger partial charge < -0.3 is 4.42 Å². The van der Waals surface area contributed by atoms with Crippen LogP contribution in [0, 0.1) is 0 Å². The highest BCUT2D eigenvalue weighted by molar-refractivity contribution is 7.85. The van der Waals surface area contributed by atoms with E-state index in [1.54, 1.807) is 6.07 Å². The van der Waals surface area contributed by atoms with Gasteiger partial charge in [-0.3, -0.25) is 4.55 Å². The van der Waals surface area contributed by atoms with Crippen LogP contribution in [0.5, 0.6) is 0 Å². The van der Waals surface area contributed by atoms with Crippen LogP contribution in [0.1, 0.15) is 12.8 Å². The molecular formula is C11H11NO4S. The fraction of sp³-hybridized carbons (Fsp3) is 0.182. The van der Waals surface area contributed by atoms with E-state index in [1.165, 1.54) is 24.4 Å². The average Bonchev–Trinajstić information content (AvgIpc) is 2.76. The van der Waals surface area contributed by atoms with Gasteiger partial charge in [0.25, 0.3) is 10.1 Å². The molecule has 0 fully saturated rings. The zero-order valence-corrected chi connectivity index (χ0v) is 9.94. The second kappa shape index (κ2) is 4.31. The quantitative estimate of drug-likeness (QED) is 0.848. The van der Waals surface area contributed by atoms with Gasteiger partial charge in [-0.1, -0.05) is 19.1 Å². The molecule has 0 amide bonds. The monoisotopic (exact) mass is 253 g/mol. The minimum atomic E-state index is -4.19. The van der Waals surface area contributed by atoms with Crippen molar-refractivity contribution in [2.45, 2.75) is 18.2 Å². The molecule has 1 aromatic heterocycles. The van der Waals surface area contributed by atoms with Gasteiger partial charge in [-0.2, -0.15) is 8.42 Å². The van der Waals surface area contributed by atoms with Crippen LogP contribution < -0.4 is 0 Å². The minimum absolute atomic E-state index is 0.163. The van der Waals surface area contributed by atoms with Crippen LogP contribution in [0.25, 0.3) is 11.3 Å². The lowest BCUT2D eigenvalue weighted by Crippen LogP contribution is -1.97. The lowest BCUT2D eigenvalue weighted by molar-refractivity contribution is 0.483. The topological polar surface area (TPSA) is 80.4 Å². The van der Waals surface area contributed by atoms with Crippen LogP contribution in [0.4, 0.5) is 0 Å². The van der Waals surface area contributed by atoms with E-state index in [0.717, 1.165) is 0 Å². The molecule has 0 aliphatic heterocycles. The maximum Gasteiger partial charge on any atom is 0.294 e. The Morgan fingerprint density at radius 2 is 2.18 bits per heavy atom. The molecule has 0 aliphatic rings. The van der Waals surface area contributed by atoms with Crippen molar-refractivity contribution < 1.29 is 17.4 Å². The van der Waals surface area contributed by atoms with Crippen LogP contribution >= 0.6 is 0 Å². The molecule has 6 heteroatoms. The van der Waals surface area contributed by atoms with Crippen LogP contribution in [0.2, 0.25) is 0 Å². The Labute approximate surface area is 98.9 Å². The van der Waals surface area contributed by atoms with Gasteiger partial charge in [-0.05, 0) is 12.1 Å². The van der Waals surface area contributed by atoms with E-state index in [0.29, 0.717) is 23.6 Å². The van der Waals surface area contributed by atoms with Crippen molar-refractivity contribution in [3.05, 3.63) is 36.4 Å². The van der Waals surface area contributed by atoms with Gasteiger partial charge in [0.05, 0.1) is 11.1 Å². The van der Waals surface area contributed by atoms with Gasteiger partial charge >= 0.3 is 0 Å². The number of hydrogen-bond donors (Lipinski definition) is 1. The summed E-state index contributed by atoms with van der Waals surface area (Å²) in [5.74, 6) is 1.06. The number of aryl methyl sites for hydroxylation is 1. The van der Waals surface area contributed by atoms with E-state index in [2.05, 4.69) is 4.98 Å². The van der Waals surface area contributed by atoms with E-state index in [9.17, 15) is 8.42 Å². The van der Waals surface area contributed by atoms with Crippen molar-refractivity contribution in [3.8, 4) is 11.3 Å². The molecule has 2 aromatic rings. The SMILES string of the molecule is CCc1ncc(-c2cccc(S(=O)(=O)O)c2)o1. The zero-order valence-electron chi connectivity index (χ0n) is 9.12. The van der Waals surface area contributed by atoms with Crippen LogP contribution in [0.3, 0.4) is 0 Å². The van der Waals surface area contributed by atoms with Crippen LogP contribution in [-0.4, -0.2) is 18.0 Å². The second-order valence-electron chi connectivity index (χ2n) is 3.47. The van der Waals surface area contributed by atoms with Crippen molar-refractivity contribution in [2.24, 2.45) is 0 Å². The lowest BCUT2D eigenvalue weighted by Gasteiger charge is -1.99. The van der Waals surface area contributed by atoms with E-state index in [1.807, 2.05) is 6.92 Å². The summed E-state index contributed by atoms with van der Waals surface area (Å²) in [7, 11) is -4.19. The predicted molar refractivity (Wildman–Crippen MR) is 61.1 cm³/mol. The molecule has 0 bridgehead atoms. The molecule has 1 N–H and O–H groups in total. The normalized spacial score (nSPS) is 11.6. The molecule has 5 nitrogen and oxygen atoms in total. The van der Waals surface area contributed by atoms with E-state index in [-0.39, 0.29) is 4.90 Å². The molecular weight excluding hydrogens is 242 g/mol. The summed E-state index contributed by atoms with van der Waals surface area (Å²) in [4.78, 5) is 3.86. The maximum absolute atomic E-state index is 11.0. The molecule has 2 rings (SSSR count). The van der Waals surface area contributed by atoms with Gasteiger partial charge in [0, 0.05) is 12.0 Å². The average molecular weight is 253 g/mol. The van der Waals surface area contributed by atoms with E-state index in [4.69, 9.17) is 8.97 Å². The fourth-order valence-electron chi connectivity index (χ4n) is 1.42. The molecule has 0 unspecified atom stereocenters. The van der Waals surface area contributed by atoms with Crippen molar-refractivity contribution in [1.82, 2.24) is 4.98 Å². The van der Waals surface area contributed by atoms with Crippen LogP contribution in [-0.2, 0) is 16.5 Å². The molecule has 0 atom stereocenters. The highest BCUT2D eigenvalue weighted by Gasteiger charge is 2.12. The van der Waals surface area contributed by atoms with E-state index < -0.39 is 10.1 Å². The summed E-state index contributed by atoms with van der Waals surface area (Å²) in [5, 5.41) is 0. The number of oxazole rings is 1.